The number of hydrogen-bond acceptors (Lipinski definition) is 2. The molecular weight excluding hydrogens is 220 g/mol. The number of thiophene rings is 1. The number of carboxylic acids is 1. The van der Waals surface area contributed by atoms with E-state index in [2.05, 4.69) is 24.3 Å². The standard InChI is InChI=1S/C13H12O2S/c1-9-2-4-10(5-3-9)12-7-6-11(16-12)8-13(14)15/h2-7H,8H2,1H3,(H,14,15). The Balaban J connectivity index is 2.24. The monoisotopic (exact) mass is 232 g/mol. The summed E-state index contributed by atoms with van der Waals surface area (Å²) in [6.07, 6.45) is 0.108. The number of carboxylic acid groups (broad SMARTS) is 1. The van der Waals surface area contributed by atoms with Crippen LogP contribution in [0.2, 0.25) is 0 Å². The summed E-state index contributed by atoms with van der Waals surface area (Å²) in [6.45, 7) is 2.05. The predicted molar refractivity (Wildman–Crippen MR) is 65.8 cm³/mol. The van der Waals surface area contributed by atoms with Gasteiger partial charge in [0.05, 0.1) is 6.42 Å². The highest BCUT2D eigenvalue weighted by Crippen LogP contribution is 2.28. The van der Waals surface area contributed by atoms with E-state index in [1.807, 2.05) is 19.1 Å². The largest absolute Gasteiger partial charge is 0.481 e. The van der Waals surface area contributed by atoms with Crippen LogP contribution in [-0.4, -0.2) is 11.1 Å². The van der Waals surface area contributed by atoms with Gasteiger partial charge in [-0.1, -0.05) is 29.8 Å². The van der Waals surface area contributed by atoms with Crippen LogP contribution in [0.1, 0.15) is 10.4 Å². The van der Waals surface area contributed by atoms with Crippen molar-refractivity contribution < 1.29 is 9.90 Å². The molecule has 0 unspecified atom stereocenters. The smallest absolute Gasteiger partial charge is 0.308 e. The van der Waals surface area contributed by atoms with E-state index in [-0.39, 0.29) is 6.42 Å². The van der Waals surface area contributed by atoms with Crippen molar-refractivity contribution in [2.75, 3.05) is 0 Å². The molecule has 1 heterocycles. The fraction of sp³-hybridized carbons (Fsp3) is 0.154. The maximum absolute atomic E-state index is 10.6. The van der Waals surface area contributed by atoms with E-state index in [9.17, 15) is 4.79 Å². The van der Waals surface area contributed by atoms with Crippen molar-refractivity contribution >= 4 is 17.3 Å². The molecule has 0 aliphatic carbocycles. The van der Waals surface area contributed by atoms with E-state index in [0.717, 1.165) is 15.3 Å². The van der Waals surface area contributed by atoms with Crippen LogP contribution in [0.4, 0.5) is 0 Å². The Morgan fingerprint density at radius 2 is 1.88 bits per heavy atom. The molecule has 0 radical (unpaired) electrons. The third-order valence-corrected chi connectivity index (χ3v) is 3.46. The summed E-state index contributed by atoms with van der Waals surface area (Å²) in [4.78, 5) is 12.6. The average molecular weight is 232 g/mol. The van der Waals surface area contributed by atoms with Gasteiger partial charge in [0, 0.05) is 9.75 Å². The number of aliphatic carboxylic acids is 1. The lowest BCUT2D eigenvalue weighted by Crippen LogP contribution is -1.96. The molecule has 0 aliphatic rings. The summed E-state index contributed by atoms with van der Waals surface area (Å²) in [5.74, 6) is -0.780. The molecule has 0 amide bonds. The molecule has 0 bridgehead atoms. The highest BCUT2D eigenvalue weighted by Gasteiger charge is 2.05. The molecule has 16 heavy (non-hydrogen) atoms. The van der Waals surface area contributed by atoms with E-state index < -0.39 is 5.97 Å². The van der Waals surface area contributed by atoms with Crippen molar-refractivity contribution in [2.45, 2.75) is 13.3 Å². The number of rotatable bonds is 3. The molecule has 2 rings (SSSR count). The van der Waals surface area contributed by atoms with Gasteiger partial charge in [-0.25, -0.2) is 0 Å². The van der Waals surface area contributed by atoms with Gasteiger partial charge < -0.3 is 5.11 Å². The summed E-state index contributed by atoms with van der Waals surface area (Å²) in [5.41, 5.74) is 2.37. The second kappa shape index (κ2) is 4.49. The van der Waals surface area contributed by atoms with Gasteiger partial charge in [-0.3, -0.25) is 4.79 Å². The zero-order valence-electron chi connectivity index (χ0n) is 8.93. The molecular formula is C13H12O2S. The van der Waals surface area contributed by atoms with E-state index in [4.69, 9.17) is 5.11 Å². The normalized spacial score (nSPS) is 10.3. The number of hydrogen-bond donors (Lipinski definition) is 1. The first kappa shape index (κ1) is 10.9. The van der Waals surface area contributed by atoms with E-state index in [1.54, 1.807) is 0 Å². The van der Waals surface area contributed by atoms with Gasteiger partial charge in [-0.15, -0.1) is 11.3 Å². The van der Waals surface area contributed by atoms with Crippen molar-refractivity contribution in [1.29, 1.82) is 0 Å². The number of aryl methyl sites for hydroxylation is 1. The van der Waals surface area contributed by atoms with Crippen molar-refractivity contribution in [2.24, 2.45) is 0 Å². The maximum Gasteiger partial charge on any atom is 0.308 e. The van der Waals surface area contributed by atoms with Gasteiger partial charge >= 0.3 is 5.97 Å². The summed E-state index contributed by atoms with van der Waals surface area (Å²) in [5, 5.41) is 8.69. The van der Waals surface area contributed by atoms with Crippen molar-refractivity contribution in [3.63, 3.8) is 0 Å². The Hall–Kier alpha value is -1.61. The fourth-order valence-electron chi connectivity index (χ4n) is 1.49. The van der Waals surface area contributed by atoms with Crippen LogP contribution in [0, 0.1) is 6.92 Å². The summed E-state index contributed by atoms with van der Waals surface area (Å²) < 4.78 is 0. The Bertz CT molecular complexity index is 497. The molecule has 1 aromatic carbocycles. The van der Waals surface area contributed by atoms with E-state index in [0.29, 0.717) is 0 Å². The average Bonchev–Trinajstić information content (AvgIpc) is 2.66. The van der Waals surface area contributed by atoms with Crippen LogP contribution < -0.4 is 0 Å². The molecule has 0 fully saturated rings. The maximum atomic E-state index is 10.6. The van der Waals surface area contributed by atoms with Crippen LogP contribution in [0.15, 0.2) is 36.4 Å². The quantitative estimate of drug-likeness (QED) is 0.881. The van der Waals surface area contributed by atoms with Gasteiger partial charge in [0.1, 0.15) is 0 Å². The molecule has 0 atom stereocenters. The highest BCUT2D eigenvalue weighted by molar-refractivity contribution is 7.15. The second-order valence-electron chi connectivity index (χ2n) is 3.70. The van der Waals surface area contributed by atoms with Gasteiger partial charge in [-0.2, -0.15) is 0 Å². The van der Waals surface area contributed by atoms with E-state index in [1.165, 1.54) is 16.9 Å². The molecule has 0 saturated heterocycles. The predicted octanol–water partition coefficient (Wildman–Crippen LogP) is 3.35. The van der Waals surface area contributed by atoms with Crippen molar-refractivity contribution in [3.05, 3.63) is 46.8 Å². The Labute approximate surface area is 98.2 Å². The zero-order chi connectivity index (χ0) is 11.5. The molecule has 1 N–H and O–H groups in total. The van der Waals surface area contributed by atoms with Gasteiger partial charge in [0.2, 0.25) is 0 Å². The SMILES string of the molecule is Cc1ccc(-c2ccc(CC(=O)O)s2)cc1. The molecule has 82 valence electrons. The lowest BCUT2D eigenvalue weighted by molar-refractivity contribution is -0.136. The summed E-state index contributed by atoms with van der Waals surface area (Å²) >= 11 is 1.54. The Kier molecular flexibility index (Phi) is 3.06. The third-order valence-electron chi connectivity index (χ3n) is 2.32. The molecule has 0 spiro atoms. The summed E-state index contributed by atoms with van der Waals surface area (Å²) in [6, 6.07) is 12.1. The second-order valence-corrected chi connectivity index (χ2v) is 4.87. The van der Waals surface area contributed by atoms with Gasteiger partial charge in [-0.05, 0) is 24.6 Å². The number of carbonyl (C=O) groups is 1. The molecule has 2 aromatic rings. The lowest BCUT2D eigenvalue weighted by atomic mass is 10.1. The molecule has 1 aromatic heterocycles. The van der Waals surface area contributed by atoms with Crippen molar-refractivity contribution in [1.82, 2.24) is 0 Å². The van der Waals surface area contributed by atoms with Crippen LogP contribution in [0.25, 0.3) is 10.4 Å². The van der Waals surface area contributed by atoms with Gasteiger partial charge in [0.25, 0.3) is 0 Å². The third kappa shape index (κ3) is 2.49. The Morgan fingerprint density at radius 3 is 2.50 bits per heavy atom. The first-order chi connectivity index (χ1) is 7.65. The van der Waals surface area contributed by atoms with Crippen LogP contribution in [0.5, 0.6) is 0 Å². The van der Waals surface area contributed by atoms with E-state index >= 15 is 0 Å². The minimum absolute atomic E-state index is 0.108. The fourth-order valence-corrected chi connectivity index (χ4v) is 2.50. The Morgan fingerprint density at radius 1 is 1.19 bits per heavy atom. The molecule has 0 aliphatic heterocycles. The first-order valence-electron chi connectivity index (χ1n) is 5.03. The zero-order valence-corrected chi connectivity index (χ0v) is 9.75. The van der Waals surface area contributed by atoms with Crippen molar-refractivity contribution in [3.8, 4) is 10.4 Å². The topological polar surface area (TPSA) is 37.3 Å². The summed E-state index contributed by atoms with van der Waals surface area (Å²) in [7, 11) is 0. The van der Waals surface area contributed by atoms with Crippen LogP contribution >= 0.6 is 11.3 Å². The molecule has 2 nitrogen and oxygen atoms in total. The molecule has 3 heteroatoms. The number of benzene rings is 1. The minimum Gasteiger partial charge on any atom is -0.481 e. The van der Waals surface area contributed by atoms with Crippen LogP contribution in [-0.2, 0) is 11.2 Å². The minimum atomic E-state index is -0.780. The van der Waals surface area contributed by atoms with Crippen LogP contribution in [0.3, 0.4) is 0 Å². The molecule has 0 saturated carbocycles. The van der Waals surface area contributed by atoms with Gasteiger partial charge in [0.15, 0.2) is 0 Å². The lowest BCUT2D eigenvalue weighted by Gasteiger charge is -1.97. The first-order valence-corrected chi connectivity index (χ1v) is 5.84. The highest BCUT2D eigenvalue weighted by atomic mass is 32.1.